The van der Waals surface area contributed by atoms with E-state index in [9.17, 15) is 0 Å². The van der Waals surface area contributed by atoms with Crippen molar-refractivity contribution in [3.05, 3.63) is 53.6 Å². The van der Waals surface area contributed by atoms with E-state index >= 15 is 0 Å². The maximum Gasteiger partial charge on any atom is -0.0121 e. The van der Waals surface area contributed by atoms with Crippen molar-refractivity contribution in [2.75, 3.05) is 0 Å². The van der Waals surface area contributed by atoms with E-state index < -0.39 is 0 Å². The van der Waals surface area contributed by atoms with Crippen molar-refractivity contribution in [1.29, 1.82) is 0 Å². The lowest BCUT2D eigenvalue weighted by molar-refractivity contribution is 0.498. The van der Waals surface area contributed by atoms with E-state index in [0.717, 1.165) is 6.42 Å². The molecular formula is C15H18. The van der Waals surface area contributed by atoms with Crippen molar-refractivity contribution in [2.24, 2.45) is 5.41 Å². The number of rotatable bonds is 1. The van der Waals surface area contributed by atoms with Gasteiger partial charge >= 0.3 is 0 Å². The third-order valence-corrected chi connectivity index (χ3v) is 2.92. The number of allylic oxidation sites excluding steroid dienone is 4. The summed E-state index contributed by atoms with van der Waals surface area (Å²) in [6, 6.07) is 10.7. The molecule has 0 aliphatic heterocycles. The molecule has 0 fully saturated rings. The van der Waals surface area contributed by atoms with E-state index in [1.54, 1.807) is 5.57 Å². The van der Waals surface area contributed by atoms with E-state index in [4.69, 9.17) is 0 Å². The second-order valence-electron chi connectivity index (χ2n) is 5.11. The van der Waals surface area contributed by atoms with Crippen LogP contribution < -0.4 is 0 Å². The van der Waals surface area contributed by atoms with Gasteiger partial charge in [0.2, 0.25) is 0 Å². The molecule has 78 valence electrons. The minimum Gasteiger partial charge on any atom is -0.0798 e. The van der Waals surface area contributed by atoms with Gasteiger partial charge in [-0.2, -0.15) is 0 Å². The highest BCUT2D eigenvalue weighted by molar-refractivity contribution is 5.80. The van der Waals surface area contributed by atoms with Crippen LogP contribution in [-0.4, -0.2) is 0 Å². The van der Waals surface area contributed by atoms with Crippen LogP contribution >= 0.6 is 0 Å². The van der Waals surface area contributed by atoms with Crippen molar-refractivity contribution in [3.8, 4) is 0 Å². The summed E-state index contributed by atoms with van der Waals surface area (Å²) in [5.41, 5.74) is 4.59. The lowest BCUT2D eigenvalue weighted by atomic mass is 9.82. The van der Waals surface area contributed by atoms with Gasteiger partial charge in [0.1, 0.15) is 0 Å². The standard InChI is InChI=1S/C15H18/c1-15(2,3)14-11-7-10-13(14)12-8-5-4-6-9-12/h4-10H,11H2,1-3H3. The Morgan fingerprint density at radius 1 is 1.00 bits per heavy atom. The zero-order valence-corrected chi connectivity index (χ0v) is 9.75. The average molecular weight is 198 g/mol. The molecule has 0 atom stereocenters. The van der Waals surface area contributed by atoms with Crippen LogP contribution in [0.2, 0.25) is 0 Å². The summed E-state index contributed by atoms with van der Waals surface area (Å²) in [7, 11) is 0. The van der Waals surface area contributed by atoms with Gasteiger partial charge in [0.15, 0.2) is 0 Å². The monoisotopic (exact) mass is 198 g/mol. The molecule has 0 unspecified atom stereocenters. The minimum atomic E-state index is 0.272. The molecule has 0 heterocycles. The molecular weight excluding hydrogens is 180 g/mol. The largest absolute Gasteiger partial charge is 0.0798 e. The van der Waals surface area contributed by atoms with Crippen molar-refractivity contribution in [1.82, 2.24) is 0 Å². The van der Waals surface area contributed by atoms with E-state index in [0.29, 0.717) is 0 Å². The fraction of sp³-hybridized carbons (Fsp3) is 0.333. The van der Waals surface area contributed by atoms with Gasteiger partial charge in [-0.3, -0.25) is 0 Å². The van der Waals surface area contributed by atoms with Crippen LogP contribution in [0.3, 0.4) is 0 Å². The Balaban J connectivity index is 2.47. The Morgan fingerprint density at radius 3 is 2.27 bits per heavy atom. The van der Waals surface area contributed by atoms with Gasteiger partial charge in [-0.25, -0.2) is 0 Å². The van der Waals surface area contributed by atoms with Crippen LogP contribution in [0, 0.1) is 5.41 Å². The highest BCUT2D eigenvalue weighted by Crippen LogP contribution is 2.39. The molecule has 15 heavy (non-hydrogen) atoms. The lowest BCUT2D eigenvalue weighted by Crippen LogP contribution is -2.09. The smallest absolute Gasteiger partial charge is 0.0121 e. The first-order chi connectivity index (χ1) is 7.09. The van der Waals surface area contributed by atoms with Gasteiger partial charge in [-0.15, -0.1) is 0 Å². The quantitative estimate of drug-likeness (QED) is 0.625. The average Bonchev–Trinajstić information content (AvgIpc) is 2.67. The number of hydrogen-bond acceptors (Lipinski definition) is 0. The molecule has 1 aromatic carbocycles. The third kappa shape index (κ3) is 2.04. The fourth-order valence-corrected chi connectivity index (χ4v) is 2.10. The van der Waals surface area contributed by atoms with Gasteiger partial charge in [0, 0.05) is 0 Å². The summed E-state index contributed by atoms with van der Waals surface area (Å²) in [4.78, 5) is 0. The molecule has 0 amide bonds. The van der Waals surface area contributed by atoms with E-state index in [2.05, 4.69) is 63.3 Å². The molecule has 0 aromatic heterocycles. The van der Waals surface area contributed by atoms with Crippen molar-refractivity contribution in [2.45, 2.75) is 27.2 Å². The normalized spacial score (nSPS) is 16.2. The second-order valence-corrected chi connectivity index (χ2v) is 5.11. The topological polar surface area (TPSA) is 0 Å². The van der Waals surface area contributed by atoms with Crippen LogP contribution in [0.5, 0.6) is 0 Å². The maximum atomic E-state index is 2.29. The molecule has 0 spiro atoms. The van der Waals surface area contributed by atoms with E-state index in [1.165, 1.54) is 11.1 Å². The van der Waals surface area contributed by atoms with Crippen molar-refractivity contribution < 1.29 is 0 Å². The summed E-state index contributed by atoms with van der Waals surface area (Å²) < 4.78 is 0. The molecule has 0 heteroatoms. The maximum absolute atomic E-state index is 2.29. The molecule has 0 radical (unpaired) electrons. The van der Waals surface area contributed by atoms with Crippen LogP contribution in [0.4, 0.5) is 0 Å². The highest BCUT2D eigenvalue weighted by Gasteiger charge is 2.22. The van der Waals surface area contributed by atoms with Crippen LogP contribution in [-0.2, 0) is 0 Å². The van der Waals surface area contributed by atoms with Crippen molar-refractivity contribution in [3.63, 3.8) is 0 Å². The number of benzene rings is 1. The van der Waals surface area contributed by atoms with Gasteiger partial charge in [-0.05, 0) is 23.0 Å². The summed E-state index contributed by atoms with van der Waals surface area (Å²) in [5.74, 6) is 0. The Hall–Kier alpha value is -1.30. The molecule has 0 nitrogen and oxygen atoms in total. The molecule has 1 aliphatic carbocycles. The SMILES string of the molecule is CC(C)(C)C1=C(c2ccccc2)C=CC1. The minimum absolute atomic E-state index is 0.272. The van der Waals surface area contributed by atoms with E-state index in [-0.39, 0.29) is 5.41 Å². The van der Waals surface area contributed by atoms with Crippen LogP contribution in [0.1, 0.15) is 32.8 Å². The predicted octanol–water partition coefficient (Wildman–Crippen LogP) is 4.45. The Labute approximate surface area is 92.3 Å². The van der Waals surface area contributed by atoms with Crippen LogP contribution in [0.15, 0.2) is 48.1 Å². The second kappa shape index (κ2) is 3.69. The first-order valence-electron chi connectivity index (χ1n) is 5.54. The lowest BCUT2D eigenvalue weighted by Gasteiger charge is -2.23. The molecule has 1 aromatic rings. The zero-order chi connectivity index (χ0) is 10.9. The zero-order valence-electron chi connectivity index (χ0n) is 9.75. The third-order valence-electron chi connectivity index (χ3n) is 2.92. The molecule has 0 N–H and O–H groups in total. The molecule has 0 bridgehead atoms. The van der Waals surface area contributed by atoms with Crippen molar-refractivity contribution >= 4 is 5.57 Å². The molecule has 1 aliphatic rings. The van der Waals surface area contributed by atoms with E-state index in [1.807, 2.05) is 0 Å². The fourth-order valence-electron chi connectivity index (χ4n) is 2.10. The molecule has 2 rings (SSSR count). The number of hydrogen-bond donors (Lipinski definition) is 0. The summed E-state index contributed by atoms with van der Waals surface area (Å²) in [6.07, 6.45) is 5.63. The Morgan fingerprint density at radius 2 is 1.67 bits per heavy atom. The van der Waals surface area contributed by atoms with Gasteiger partial charge in [0.25, 0.3) is 0 Å². The first kappa shape index (κ1) is 10.2. The Bertz CT molecular complexity index is 399. The van der Waals surface area contributed by atoms with Gasteiger partial charge in [-0.1, -0.05) is 68.8 Å². The van der Waals surface area contributed by atoms with Gasteiger partial charge in [0.05, 0.1) is 0 Å². The van der Waals surface area contributed by atoms with Crippen LogP contribution in [0.25, 0.3) is 5.57 Å². The molecule has 0 saturated heterocycles. The first-order valence-corrected chi connectivity index (χ1v) is 5.54. The predicted molar refractivity (Wildman–Crippen MR) is 66.6 cm³/mol. The molecule has 0 saturated carbocycles. The highest BCUT2D eigenvalue weighted by atomic mass is 14.3. The summed E-state index contributed by atoms with van der Waals surface area (Å²) in [5, 5.41) is 0. The summed E-state index contributed by atoms with van der Waals surface area (Å²) >= 11 is 0. The van der Waals surface area contributed by atoms with Gasteiger partial charge < -0.3 is 0 Å². The summed E-state index contributed by atoms with van der Waals surface area (Å²) in [6.45, 7) is 6.87. The Kier molecular flexibility index (Phi) is 2.52.